The quantitative estimate of drug-likeness (QED) is 0.552. The van der Waals surface area contributed by atoms with Gasteiger partial charge in [-0.05, 0) is 42.2 Å². The second-order valence-electron chi connectivity index (χ2n) is 8.19. The molecular formula is C23H22N6O3. The normalized spacial score (nSPS) is 18.4. The lowest BCUT2D eigenvalue weighted by molar-refractivity contribution is -0.118. The van der Waals surface area contributed by atoms with Crippen molar-refractivity contribution in [2.24, 2.45) is 0 Å². The number of allylic oxidation sites excluding steroid dienone is 1. The number of nitrogens with one attached hydrogen (secondary N) is 3. The zero-order valence-electron chi connectivity index (χ0n) is 17.4. The molecule has 9 nitrogen and oxygen atoms in total. The molecule has 162 valence electrons. The molecule has 3 aliphatic rings. The first-order valence-corrected chi connectivity index (χ1v) is 10.6. The Labute approximate surface area is 184 Å². The van der Waals surface area contributed by atoms with Crippen molar-refractivity contribution in [3.8, 4) is 11.5 Å². The van der Waals surface area contributed by atoms with E-state index in [2.05, 4.69) is 27.6 Å². The number of carbonyl (C=O) groups is 1. The summed E-state index contributed by atoms with van der Waals surface area (Å²) in [6.45, 7) is 4.77. The minimum Gasteiger partial charge on any atom is -0.454 e. The van der Waals surface area contributed by atoms with E-state index in [9.17, 15) is 4.79 Å². The van der Waals surface area contributed by atoms with Crippen molar-refractivity contribution < 1.29 is 14.3 Å². The van der Waals surface area contributed by atoms with E-state index >= 15 is 0 Å². The number of amides is 1. The van der Waals surface area contributed by atoms with Crippen LogP contribution in [0.15, 0.2) is 48.3 Å². The van der Waals surface area contributed by atoms with Crippen LogP contribution in [0, 0.1) is 0 Å². The Morgan fingerprint density at radius 2 is 2.12 bits per heavy atom. The van der Waals surface area contributed by atoms with Crippen LogP contribution in [-0.2, 0) is 11.3 Å². The number of fused-ring (bicyclic) bond motifs is 2. The Bertz CT molecular complexity index is 1290. The third-order valence-corrected chi connectivity index (χ3v) is 5.70. The Hall–Kier alpha value is -4.01. The maximum atomic E-state index is 11.7. The Balaban J connectivity index is 1.32. The highest BCUT2D eigenvalue weighted by atomic mass is 16.7. The Morgan fingerprint density at radius 1 is 1.25 bits per heavy atom. The largest absolute Gasteiger partial charge is 0.454 e. The molecule has 1 saturated carbocycles. The number of rotatable bonds is 6. The van der Waals surface area contributed by atoms with Gasteiger partial charge in [-0.2, -0.15) is 9.61 Å². The molecule has 0 unspecified atom stereocenters. The van der Waals surface area contributed by atoms with E-state index in [0.717, 1.165) is 52.7 Å². The van der Waals surface area contributed by atoms with Gasteiger partial charge >= 0.3 is 0 Å². The lowest BCUT2D eigenvalue weighted by Crippen LogP contribution is -2.10. The summed E-state index contributed by atoms with van der Waals surface area (Å²) < 4.78 is 12.7. The SMILES string of the molecule is C=C1NC(=O)C/C1=C\c1cnn2c(NC3CC3)cc(NCc3ccc4c(c3)OCO4)nc12. The first-order chi connectivity index (χ1) is 15.6. The summed E-state index contributed by atoms with van der Waals surface area (Å²) in [5.74, 6) is 3.09. The van der Waals surface area contributed by atoms with E-state index in [1.807, 2.05) is 34.9 Å². The van der Waals surface area contributed by atoms with Crippen LogP contribution < -0.4 is 25.4 Å². The van der Waals surface area contributed by atoms with Gasteiger partial charge in [0.15, 0.2) is 17.1 Å². The number of anilines is 2. The van der Waals surface area contributed by atoms with Gasteiger partial charge in [-0.25, -0.2) is 4.98 Å². The predicted molar refractivity (Wildman–Crippen MR) is 119 cm³/mol. The van der Waals surface area contributed by atoms with Gasteiger partial charge in [-0.15, -0.1) is 0 Å². The number of hydrogen-bond acceptors (Lipinski definition) is 7. The van der Waals surface area contributed by atoms with Gasteiger partial charge in [0.25, 0.3) is 0 Å². The molecular weight excluding hydrogens is 408 g/mol. The van der Waals surface area contributed by atoms with Crippen molar-refractivity contribution >= 4 is 29.3 Å². The lowest BCUT2D eigenvalue weighted by atomic mass is 10.1. The molecule has 1 aromatic carbocycles. The monoisotopic (exact) mass is 430 g/mol. The smallest absolute Gasteiger partial charge is 0.231 e. The van der Waals surface area contributed by atoms with Crippen molar-refractivity contribution in [1.29, 1.82) is 0 Å². The number of benzene rings is 1. The van der Waals surface area contributed by atoms with Gasteiger partial charge in [-0.1, -0.05) is 12.6 Å². The summed E-state index contributed by atoms with van der Waals surface area (Å²) in [4.78, 5) is 16.5. The molecule has 2 aliphatic heterocycles. The molecule has 1 saturated heterocycles. The fraction of sp³-hybridized carbons (Fsp3) is 0.261. The van der Waals surface area contributed by atoms with Crippen LogP contribution in [0.4, 0.5) is 11.6 Å². The van der Waals surface area contributed by atoms with Gasteiger partial charge in [0.2, 0.25) is 12.7 Å². The third kappa shape index (κ3) is 3.51. The van der Waals surface area contributed by atoms with Crippen LogP contribution in [0.3, 0.4) is 0 Å². The molecule has 1 amide bonds. The van der Waals surface area contributed by atoms with Crippen LogP contribution in [0.1, 0.15) is 30.4 Å². The van der Waals surface area contributed by atoms with Crippen molar-refractivity contribution in [1.82, 2.24) is 19.9 Å². The van der Waals surface area contributed by atoms with Crippen LogP contribution in [0.2, 0.25) is 0 Å². The summed E-state index contributed by atoms with van der Waals surface area (Å²) in [5.41, 5.74) is 4.09. The second-order valence-corrected chi connectivity index (χ2v) is 8.19. The fourth-order valence-electron chi connectivity index (χ4n) is 3.85. The van der Waals surface area contributed by atoms with E-state index in [1.54, 1.807) is 6.20 Å². The van der Waals surface area contributed by atoms with E-state index in [1.165, 1.54) is 0 Å². The molecule has 0 radical (unpaired) electrons. The number of aromatic nitrogens is 3. The molecule has 0 atom stereocenters. The van der Waals surface area contributed by atoms with Gasteiger partial charge in [0, 0.05) is 29.9 Å². The van der Waals surface area contributed by atoms with Crippen LogP contribution in [-0.4, -0.2) is 33.3 Å². The average molecular weight is 430 g/mol. The average Bonchev–Trinajstić information content (AvgIpc) is 3.16. The molecule has 6 rings (SSSR count). The van der Waals surface area contributed by atoms with Gasteiger partial charge < -0.3 is 25.4 Å². The zero-order chi connectivity index (χ0) is 21.7. The minimum absolute atomic E-state index is 0.0483. The molecule has 4 heterocycles. The summed E-state index contributed by atoms with van der Waals surface area (Å²) in [6.07, 6.45) is 6.31. The molecule has 2 aromatic heterocycles. The highest BCUT2D eigenvalue weighted by Crippen LogP contribution is 2.33. The molecule has 0 bridgehead atoms. The molecule has 1 aliphatic carbocycles. The molecule has 32 heavy (non-hydrogen) atoms. The maximum Gasteiger partial charge on any atom is 0.231 e. The van der Waals surface area contributed by atoms with Crippen molar-refractivity contribution in [3.63, 3.8) is 0 Å². The Morgan fingerprint density at radius 3 is 2.94 bits per heavy atom. The summed E-state index contributed by atoms with van der Waals surface area (Å²) in [6, 6.07) is 8.34. The molecule has 2 fully saturated rings. The van der Waals surface area contributed by atoms with E-state index in [0.29, 0.717) is 30.4 Å². The van der Waals surface area contributed by atoms with E-state index in [-0.39, 0.29) is 12.7 Å². The number of ether oxygens (including phenoxy) is 2. The number of carbonyl (C=O) groups excluding carboxylic acids is 1. The molecule has 9 heteroatoms. The number of nitrogens with zero attached hydrogens (tertiary/aromatic N) is 3. The van der Waals surface area contributed by atoms with Gasteiger partial charge in [0.05, 0.1) is 12.6 Å². The van der Waals surface area contributed by atoms with Crippen LogP contribution >= 0.6 is 0 Å². The van der Waals surface area contributed by atoms with Crippen molar-refractivity contribution in [2.45, 2.75) is 31.8 Å². The molecule has 3 N–H and O–H groups in total. The predicted octanol–water partition coefficient (Wildman–Crippen LogP) is 3.06. The second kappa shape index (κ2) is 7.30. The fourth-order valence-corrected chi connectivity index (χ4v) is 3.85. The lowest BCUT2D eigenvalue weighted by Gasteiger charge is -2.12. The highest BCUT2D eigenvalue weighted by molar-refractivity contribution is 5.89. The topological polar surface area (TPSA) is 102 Å². The van der Waals surface area contributed by atoms with Crippen LogP contribution in [0.25, 0.3) is 11.7 Å². The Kier molecular flexibility index (Phi) is 4.27. The molecule has 0 spiro atoms. The highest BCUT2D eigenvalue weighted by Gasteiger charge is 2.24. The zero-order valence-corrected chi connectivity index (χ0v) is 17.4. The summed E-state index contributed by atoms with van der Waals surface area (Å²) in [7, 11) is 0. The van der Waals surface area contributed by atoms with Gasteiger partial charge in [0.1, 0.15) is 11.6 Å². The standard InChI is InChI=1S/C23H22N6O3/c1-13-15(8-22(30)26-13)7-16-11-25-29-21(27-17-3-4-17)9-20(28-23(16)29)24-10-14-2-5-18-19(6-14)32-12-31-18/h2,5-7,9,11,17,27H,1,3-4,8,10,12H2,(H,24,28)(H,26,30)/b15-7+. The van der Waals surface area contributed by atoms with E-state index < -0.39 is 0 Å². The van der Waals surface area contributed by atoms with E-state index in [4.69, 9.17) is 14.5 Å². The first-order valence-electron chi connectivity index (χ1n) is 10.6. The maximum absolute atomic E-state index is 11.7. The van der Waals surface area contributed by atoms with Crippen molar-refractivity contribution in [3.05, 3.63) is 59.4 Å². The van der Waals surface area contributed by atoms with Crippen LogP contribution in [0.5, 0.6) is 11.5 Å². The third-order valence-electron chi connectivity index (χ3n) is 5.70. The molecule has 3 aromatic rings. The minimum atomic E-state index is -0.0483. The first kappa shape index (κ1) is 18.7. The summed E-state index contributed by atoms with van der Waals surface area (Å²) in [5, 5.41) is 14.2. The number of hydrogen-bond donors (Lipinski definition) is 3. The van der Waals surface area contributed by atoms with Gasteiger partial charge in [-0.3, -0.25) is 4.79 Å². The summed E-state index contributed by atoms with van der Waals surface area (Å²) >= 11 is 0. The van der Waals surface area contributed by atoms with Crippen molar-refractivity contribution in [2.75, 3.05) is 17.4 Å².